The van der Waals surface area contributed by atoms with Crippen LogP contribution in [0.3, 0.4) is 0 Å². The van der Waals surface area contributed by atoms with Crippen LogP contribution in [0.5, 0.6) is 11.5 Å². The molecule has 2 aliphatic heterocycles. The summed E-state index contributed by atoms with van der Waals surface area (Å²) in [6, 6.07) is 14.5. The quantitative estimate of drug-likeness (QED) is 0.217. The van der Waals surface area contributed by atoms with Crippen LogP contribution in [0.15, 0.2) is 53.1 Å². The molecule has 0 N–H and O–H groups in total. The second-order valence-electron chi connectivity index (χ2n) is 10.1. The maximum Gasteiger partial charge on any atom is 0.278 e. The molecule has 7 nitrogen and oxygen atoms in total. The lowest BCUT2D eigenvalue weighted by Crippen LogP contribution is -2.34. The Morgan fingerprint density at radius 1 is 1.13 bits per heavy atom. The molecule has 6 rings (SSSR count). The molecule has 1 fully saturated rings. The first-order valence-electron chi connectivity index (χ1n) is 13.0. The molecule has 0 bridgehead atoms. The van der Waals surface area contributed by atoms with Gasteiger partial charge in [0.15, 0.2) is 17.1 Å². The number of hydrogen-bond donors (Lipinski definition) is 0. The highest BCUT2D eigenvalue weighted by Crippen LogP contribution is 2.49. The first-order valence-corrected chi connectivity index (χ1v) is 14.2. The Balaban J connectivity index is 1.17. The van der Waals surface area contributed by atoms with Gasteiger partial charge in [-0.1, -0.05) is 23.7 Å². The molecule has 204 valence electrons. The molecule has 0 radical (unpaired) electrons. The third kappa shape index (κ3) is 5.13. The van der Waals surface area contributed by atoms with Crippen LogP contribution < -0.4 is 9.47 Å². The number of piperidine rings is 1. The predicted molar refractivity (Wildman–Crippen MR) is 151 cm³/mol. The second-order valence-corrected chi connectivity index (χ2v) is 11.4. The summed E-state index contributed by atoms with van der Waals surface area (Å²) in [5.41, 5.74) is 3.17. The standard InChI is InChI=1S/C29H29BrClFN4O3/c1-29(21-7-6-19(31)16-22(21)32)38-24-5-3-4-20(27(24)39-29)18-10-12-35(13-11-18)17-26-34-28-23(8-9-25(30)33-28)36(26)14-15-37-2/h3-9,16,18H,10-15,17H2,1-2H3. The van der Waals surface area contributed by atoms with Gasteiger partial charge in [-0.15, -0.1) is 0 Å². The third-order valence-electron chi connectivity index (χ3n) is 7.60. The molecule has 4 aromatic rings. The van der Waals surface area contributed by atoms with Gasteiger partial charge in [0.05, 0.1) is 24.2 Å². The Morgan fingerprint density at radius 3 is 2.72 bits per heavy atom. The lowest BCUT2D eigenvalue weighted by Gasteiger charge is -2.32. The highest BCUT2D eigenvalue weighted by atomic mass is 79.9. The summed E-state index contributed by atoms with van der Waals surface area (Å²) >= 11 is 9.42. The SMILES string of the molecule is COCCn1c(CN2CCC(c3cccc4c3OC(C)(c3ccc(Cl)cc3F)O4)CC2)nc2nc(Br)ccc21. The highest BCUT2D eigenvalue weighted by Gasteiger charge is 2.43. The van der Waals surface area contributed by atoms with Gasteiger partial charge in [-0.25, -0.2) is 14.4 Å². The van der Waals surface area contributed by atoms with E-state index >= 15 is 0 Å². The van der Waals surface area contributed by atoms with Gasteiger partial charge in [-0.3, -0.25) is 4.90 Å². The fourth-order valence-corrected chi connectivity index (χ4v) is 6.08. The average molecular weight is 616 g/mol. The van der Waals surface area contributed by atoms with Gasteiger partial charge in [0.25, 0.3) is 5.79 Å². The fraction of sp³-hybridized carbons (Fsp3) is 0.379. The van der Waals surface area contributed by atoms with Crippen molar-refractivity contribution in [2.24, 2.45) is 0 Å². The number of imidazole rings is 1. The summed E-state index contributed by atoms with van der Waals surface area (Å²) in [6.07, 6.45) is 1.93. The number of halogens is 3. The zero-order chi connectivity index (χ0) is 27.1. The van der Waals surface area contributed by atoms with Gasteiger partial charge in [-0.05, 0) is 84.2 Å². The Labute approximate surface area is 240 Å². The van der Waals surface area contributed by atoms with Crippen LogP contribution in [0.2, 0.25) is 5.02 Å². The van der Waals surface area contributed by atoms with Crippen molar-refractivity contribution in [2.75, 3.05) is 26.8 Å². The zero-order valence-corrected chi connectivity index (χ0v) is 24.1. The topological polar surface area (TPSA) is 61.6 Å². The van der Waals surface area contributed by atoms with Crippen molar-refractivity contribution >= 4 is 38.7 Å². The predicted octanol–water partition coefficient (Wildman–Crippen LogP) is 6.66. The first-order chi connectivity index (χ1) is 18.8. The van der Waals surface area contributed by atoms with Crippen molar-refractivity contribution < 1.29 is 18.6 Å². The molecule has 0 spiro atoms. The molecule has 10 heteroatoms. The normalized spacial score (nSPS) is 19.7. The number of para-hydroxylation sites is 1. The maximum atomic E-state index is 14.8. The molecule has 1 atom stereocenters. The highest BCUT2D eigenvalue weighted by molar-refractivity contribution is 9.10. The lowest BCUT2D eigenvalue weighted by molar-refractivity contribution is -0.0712. The molecule has 1 unspecified atom stereocenters. The van der Waals surface area contributed by atoms with E-state index in [0.717, 1.165) is 66.2 Å². The minimum atomic E-state index is -1.25. The number of rotatable bonds is 7. The summed E-state index contributed by atoms with van der Waals surface area (Å²) in [5, 5.41) is 0.334. The number of benzene rings is 2. The molecule has 0 aliphatic carbocycles. The van der Waals surface area contributed by atoms with E-state index in [2.05, 4.69) is 36.4 Å². The van der Waals surface area contributed by atoms with E-state index < -0.39 is 11.6 Å². The van der Waals surface area contributed by atoms with Gasteiger partial charge in [0.2, 0.25) is 0 Å². The lowest BCUT2D eigenvalue weighted by atomic mass is 9.88. The Hall–Kier alpha value is -2.72. The van der Waals surface area contributed by atoms with Crippen LogP contribution >= 0.6 is 27.5 Å². The third-order valence-corrected chi connectivity index (χ3v) is 8.28. The number of pyridine rings is 1. The van der Waals surface area contributed by atoms with Crippen molar-refractivity contribution in [3.63, 3.8) is 0 Å². The maximum absolute atomic E-state index is 14.8. The number of ether oxygens (including phenoxy) is 3. The Morgan fingerprint density at radius 2 is 1.95 bits per heavy atom. The molecule has 2 aromatic heterocycles. The minimum absolute atomic E-state index is 0.308. The fourth-order valence-electron chi connectivity index (χ4n) is 5.62. The van der Waals surface area contributed by atoms with Gasteiger partial charge in [0, 0.05) is 31.2 Å². The van der Waals surface area contributed by atoms with E-state index in [4.69, 9.17) is 30.8 Å². The average Bonchev–Trinajstić information content (AvgIpc) is 3.43. The van der Waals surface area contributed by atoms with E-state index in [1.807, 2.05) is 24.3 Å². The van der Waals surface area contributed by atoms with Crippen molar-refractivity contribution in [3.05, 3.63) is 80.9 Å². The van der Waals surface area contributed by atoms with Gasteiger partial charge < -0.3 is 18.8 Å². The van der Waals surface area contributed by atoms with Crippen molar-refractivity contribution in [1.29, 1.82) is 0 Å². The monoisotopic (exact) mass is 614 g/mol. The Bertz CT molecular complexity index is 1520. The molecule has 1 saturated heterocycles. The number of methoxy groups -OCH3 is 1. The zero-order valence-electron chi connectivity index (χ0n) is 21.8. The number of nitrogens with zero attached hydrogens (tertiary/aromatic N) is 4. The van der Waals surface area contributed by atoms with Crippen LogP contribution in [0.4, 0.5) is 4.39 Å². The smallest absolute Gasteiger partial charge is 0.278 e. The molecular weight excluding hydrogens is 587 g/mol. The second kappa shape index (κ2) is 10.7. The van der Waals surface area contributed by atoms with Crippen molar-refractivity contribution in [2.45, 2.75) is 44.6 Å². The van der Waals surface area contributed by atoms with Gasteiger partial charge in [-0.2, -0.15) is 0 Å². The van der Waals surface area contributed by atoms with Crippen LogP contribution in [-0.4, -0.2) is 46.2 Å². The van der Waals surface area contributed by atoms with Crippen LogP contribution in [-0.2, 0) is 23.6 Å². The summed E-state index contributed by atoms with van der Waals surface area (Å²) in [6.45, 7) is 5.66. The summed E-state index contributed by atoms with van der Waals surface area (Å²) in [4.78, 5) is 11.8. The minimum Gasteiger partial charge on any atom is -0.444 e. The van der Waals surface area contributed by atoms with Crippen molar-refractivity contribution in [3.8, 4) is 11.5 Å². The summed E-state index contributed by atoms with van der Waals surface area (Å²) in [5.74, 6) is 0.930. The van der Waals surface area contributed by atoms with Crippen LogP contribution in [0, 0.1) is 5.82 Å². The molecule has 2 aliphatic rings. The number of fused-ring (bicyclic) bond motifs is 2. The van der Waals surface area contributed by atoms with E-state index in [1.165, 1.54) is 6.07 Å². The largest absolute Gasteiger partial charge is 0.444 e. The molecule has 39 heavy (non-hydrogen) atoms. The van der Waals surface area contributed by atoms with E-state index in [1.54, 1.807) is 26.2 Å². The molecule has 0 amide bonds. The van der Waals surface area contributed by atoms with Gasteiger partial charge >= 0.3 is 0 Å². The number of likely N-dealkylation sites (tertiary alicyclic amines) is 1. The van der Waals surface area contributed by atoms with E-state index in [-0.39, 0.29) is 0 Å². The Kier molecular flexibility index (Phi) is 7.26. The molecular formula is C29H29BrClFN4O3. The number of aromatic nitrogens is 3. The van der Waals surface area contributed by atoms with Crippen LogP contribution in [0.1, 0.15) is 42.6 Å². The molecule has 2 aromatic carbocycles. The first kappa shape index (κ1) is 26.5. The molecule has 4 heterocycles. The van der Waals surface area contributed by atoms with Gasteiger partial charge in [0.1, 0.15) is 16.2 Å². The summed E-state index contributed by atoms with van der Waals surface area (Å²) < 4.78 is 35.6. The number of hydrogen-bond acceptors (Lipinski definition) is 6. The van der Waals surface area contributed by atoms with E-state index in [0.29, 0.717) is 34.6 Å². The summed E-state index contributed by atoms with van der Waals surface area (Å²) in [7, 11) is 1.71. The van der Waals surface area contributed by atoms with Crippen LogP contribution in [0.25, 0.3) is 11.2 Å². The molecule has 0 saturated carbocycles. The van der Waals surface area contributed by atoms with Crippen molar-refractivity contribution in [1.82, 2.24) is 19.4 Å². The van der Waals surface area contributed by atoms with E-state index in [9.17, 15) is 4.39 Å².